The van der Waals surface area contributed by atoms with Crippen LogP contribution >= 0.6 is 0 Å². The molecule has 0 aliphatic carbocycles. The highest BCUT2D eigenvalue weighted by Crippen LogP contribution is 2.10. The van der Waals surface area contributed by atoms with E-state index in [-0.39, 0.29) is 12.5 Å². The van der Waals surface area contributed by atoms with E-state index in [4.69, 9.17) is 9.57 Å². The fourth-order valence-electron chi connectivity index (χ4n) is 1.41. The summed E-state index contributed by atoms with van der Waals surface area (Å²) in [7, 11) is -3.48. The van der Waals surface area contributed by atoms with Gasteiger partial charge in [-0.15, -0.1) is 0 Å². The quantitative estimate of drug-likeness (QED) is 0.436. The van der Waals surface area contributed by atoms with Crippen molar-refractivity contribution in [1.29, 1.82) is 0 Å². The van der Waals surface area contributed by atoms with Gasteiger partial charge in [-0.1, -0.05) is 4.89 Å². The van der Waals surface area contributed by atoms with E-state index in [0.717, 1.165) is 6.26 Å². The van der Waals surface area contributed by atoms with Crippen molar-refractivity contribution >= 4 is 22.0 Å². The van der Waals surface area contributed by atoms with Crippen LogP contribution in [0.5, 0.6) is 0 Å². The van der Waals surface area contributed by atoms with E-state index in [1.54, 1.807) is 20.8 Å². The molecule has 9 nitrogen and oxygen atoms in total. The van der Waals surface area contributed by atoms with Crippen molar-refractivity contribution in [2.45, 2.75) is 38.5 Å². The molecule has 0 aromatic rings. The van der Waals surface area contributed by atoms with Crippen molar-refractivity contribution in [1.82, 2.24) is 15.5 Å². The van der Waals surface area contributed by atoms with Gasteiger partial charge < -0.3 is 15.4 Å². The van der Waals surface area contributed by atoms with Crippen LogP contribution in [0.3, 0.4) is 0 Å². The number of ether oxygens (including phenoxy) is 1. The first-order valence-electron chi connectivity index (χ1n) is 5.86. The van der Waals surface area contributed by atoms with Crippen LogP contribution in [-0.2, 0) is 24.4 Å². The largest absolute Gasteiger partial charge is 0.444 e. The maximum Gasteiger partial charge on any atom is 0.408 e. The Labute approximate surface area is 117 Å². The van der Waals surface area contributed by atoms with E-state index in [1.165, 1.54) is 0 Å². The van der Waals surface area contributed by atoms with Crippen LogP contribution in [0.2, 0.25) is 0 Å². The Hall–Kier alpha value is -1.39. The SMILES string of the molecule is CC(C)(C)OC(=O)N[C@@H]1C(=O)N[C@@H]1CONS(C)(=O)=O. The smallest absolute Gasteiger partial charge is 0.408 e. The van der Waals surface area contributed by atoms with E-state index in [0.29, 0.717) is 0 Å². The van der Waals surface area contributed by atoms with Gasteiger partial charge in [-0.3, -0.25) is 9.63 Å². The standard InChI is InChI=1S/C10H19N3O6S/c1-10(2,3)19-9(15)12-7-6(11-8(7)14)5-18-13-20(4,16)17/h6-7,13H,5H2,1-4H3,(H,11,14)(H,12,15)/t6-,7+/m1/s1. The zero-order chi connectivity index (χ0) is 15.6. The molecule has 0 aromatic heterocycles. The molecule has 10 heteroatoms. The normalized spacial score (nSPS) is 22.7. The Morgan fingerprint density at radius 3 is 2.45 bits per heavy atom. The molecule has 0 unspecified atom stereocenters. The van der Waals surface area contributed by atoms with Gasteiger partial charge in [-0.05, 0) is 20.8 Å². The summed E-state index contributed by atoms with van der Waals surface area (Å²) in [5.41, 5.74) is -0.672. The molecule has 1 rings (SSSR count). The fraction of sp³-hybridized carbons (Fsp3) is 0.800. The minimum atomic E-state index is -3.48. The molecule has 0 spiro atoms. The maximum atomic E-state index is 11.5. The predicted molar refractivity (Wildman–Crippen MR) is 69.0 cm³/mol. The highest BCUT2D eigenvalue weighted by molar-refractivity contribution is 7.88. The molecular weight excluding hydrogens is 290 g/mol. The number of hydrogen-bond donors (Lipinski definition) is 3. The summed E-state index contributed by atoms with van der Waals surface area (Å²) in [5.74, 6) is -0.385. The molecule has 2 amide bonds. The summed E-state index contributed by atoms with van der Waals surface area (Å²) in [6.45, 7) is 4.98. The molecule has 1 aliphatic rings. The van der Waals surface area contributed by atoms with Gasteiger partial charge >= 0.3 is 6.09 Å². The van der Waals surface area contributed by atoms with Crippen molar-refractivity contribution in [2.24, 2.45) is 0 Å². The third-order valence-electron chi connectivity index (χ3n) is 2.16. The molecule has 3 N–H and O–H groups in total. The van der Waals surface area contributed by atoms with Crippen molar-refractivity contribution < 1.29 is 27.6 Å². The second-order valence-corrected chi connectivity index (χ2v) is 7.12. The van der Waals surface area contributed by atoms with E-state index >= 15 is 0 Å². The summed E-state index contributed by atoms with van der Waals surface area (Å²) < 4.78 is 26.6. The zero-order valence-electron chi connectivity index (χ0n) is 11.7. The van der Waals surface area contributed by atoms with Gasteiger partial charge in [0.1, 0.15) is 11.6 Å². The fourth-order valence-corrected chi connectivity index (χ4v) is 1.69. The molecule has 2 atom stereocenters. The van der Waals surface area contributed by atoms with Crippen LogP contribution in [0.1, 0.15) is 20.8 Å². The molecule has 1 aliphatic heterocycles. The number of rotatable bonds is 5. The van der Waals surface area contributed by atoms with Crippen molar-refractivity contribution in [2.75, 3.05) is 12.9 Å². The van der Waals surface area contributed by atoms with Crippen molar-refractivity contribution in [3.63, 3.8) is 0 Å². The summed E-state index contributed by atoms with van der Waals surface area (Å²) >= 11 is 0. The predicted octanol–water partition coefficient (Wildman–Crippen LogP) is -1.14. The summed E-state index contributed by atoms with van der Waals surface area (Å²) in [6, 6.07) is -1.34. The van der Waals surface area contributed by atoms with Gasteiger partial charge in [0, 0.05) is 0 Å². The monoisotopic (exact) mass is 309 g/mol. The van der Waals surface area contributed by atoms with Gasteiger partial charge in [-0.25, -0.2) is 13.2 Å². The third kappa shape index (κ3) is 5.72. The molecule has 116 valence electrons. The average molecular weight is 309 g/mol. The Balaban J connectivity index is 2.40. The number of sulfonamides is 1. The van der Waals surface area contributed by atoms with Crippen molar-refractivity contribution in [3.05, 3.63) is 0 Å². The number of hydrogen-bond acceptors (Lipinski definition) is 6. The lowest BCUT2D eigenvalue weighted by atomic mass is 10.0. The summed E-state index contributed by atoms with van der Waals surface area (Å²) in [4.78, 5) is 29.4. The number of carbonyl (C=O) groups excluding carboxylic acids is 2. The van der Waals surface area contributed by atoms with Crippen LogP contribution < -0.4 is 15.5 Å². The molecule has 0 bridgehead atoms. The lowest BCUT2D eigenvalue weighted by molar-refractivity contribution is -0.134. The van der Waals surface area contributed by atoms with Crippen LogP contribution in [0.4, 0.5) is 4.79 Å². The van der Waals surface area contributed by atoms with E-state index < -0.39 is 33.8 Å². The lowest BCUT2D eigenvalue weighted by Crippen LogP contribution is -2.71. The van der Waals surface area contributed by atoms with Crippen LogP contribution in [-0.4, -0.2) is 51.0 Å². The molecule has 1 saturated heterocycles. The molecule has 1 fully saturated rings. The first-order valence-corrected chi connectivity index (χ1v) is 7.75. The zero-order valence-corrected chi connectivity index (χ0v) is 12.5. The van der Waals surface area contributed by atoms with Gasteiger partial charge in [-0.2, -0.15) is 0 Å². The van der Waals surface area contributed by atoms with Crippen LogP contribution in [0.15, 0.2) is 0 Å². The van der Waals surface area contributed by atoms with E-state index in [9.17, 15) is 18.0 Å². The van der Waals surface area contributed by atoms with Crippen molar-refractivity contribution in [3.8, 4) is 0 Å². The Kier molecular flexibility index (Phi) is 4.95. The molecule has 0 radical (unpaired) electrons. The van der Waals surface area contributed by atoms with E-state index in [1.807, 2.05) is 4.89 Å². The average Bonchev–Trinajstić information content (AvgIpc) is 2.21. The minimum Gasteiger partial charge on any atom is -0.444 e. The Morgan fingerprint density at radius 1 is 1.40 bits per heavy atom. The van der Waals surface area contributed by atoms with Gasteiger partial charge in [0.05, 0.1) is 18.9 Å². The second kappa shape index (κ2) is 5.94. The van der Waals surface area contributed by atoms with Gasteiger partial charge in [0.15, 0.2) is 0 Å². The maximum absolute atomic E-state index is 11.5. The molecule has 0 aromatic carbocycles. The first kappa shape index (κ1) is 16.7. The minimum absolute atomic E-state index is 0.112. The number of amides is 2. The number of β-lactam (4-membered cyclic amide) rings is 1. The van der Waals surface area contributed by atoms with Gasteiger partial charge in [0.2, 0.25) is 15.9 Å². The highest BCUT2D eigenvalue weighted by atomic mass is 32.2. The van der Waals surface area contributed by atoms with Crippen LogP contribution in [0, 0.1) is 0 Å². The van der Waals surface area contributed by atoms with Crippen LogP contribution in [0.25, 0.3) is 0 Å². The molecule has 20 heavy (non-hydrogen) atoms. The number of carbonyl (C=O) groups is 2. The molecular formula is C10H19N3O6S. The summed E-state index contributed by atoms with van der Waals surface area (Å²) in [5, 5.41) is 4.87. The Morgan fingerprint density at radius 2 is 2.00 bits per heavy atom. The Bertz CT molecular complexity index is 484. The van der Waals surface area contributed by atoms with E-state index in [2.05, 4.69) is 10.6 Å². The topological polar surface area (TPSA) is 123 Å². The van der Waals surface area contributed by atoms with Gasteiger partial charge in [0.25, 0.3) is 0 Å². The third-order valence-corrected chi connectivity index (χ3v) is 2.58. The first-order chi connectivity index (χ1) is 8.98. The number of nitrogens with one attached hydrogen (secondary N) is 3. The second-order valence-electron chi connectivity index (χ2n) is 5.41. The highest BCUT2D eigenvalue weighted by Gasteiger charge is 2.41. The molecule has 1 heterocycles. The lowest BCUT2D eigenvalue weighted by Gasteiger charge is -2.36. The summed E-state index contributed by atoms with van der Waals surface area (Å²) in [6.07, 6.45) is 0.210. The number of alkyl carbamates (subject to hydrolysis) is 1. The molecule has 0 saturated carbocycles.